The molecular formula is C24H29N3O6. The Kier molecular flexibility index (Phi) is 9.41. The number of rotatable bonds is 11. The van der Waals surface area contributed by atoms with Crippen molar-refractivity contribution < 1.29 is 29.0 Å². The van der Waals surface area contributed by atoms with E-state index in [9.17, 15) is 14.4 Å². The van der Waals surface area contributed by atoms with Crippen molar-refractivity contribution in [2.24, 2.45) is 11.0 Å². The molecule has 0 aliphatic carbocycles. The van der Waals surface area contributed by atoms with E-state index in [-0.39, 0.29) is 11.8 Å². The monoisotopic (exact) mass is 455 g/mol. The van der Waals surface area contributed by atoms with E-state index in [2.05, 4.69) is 15.8 Å². The Morgan fingerprint density at radius 3 is 2.36 bits per heavy atom. The summed E-state index contributed by atoms with van der Waals surface area (Å²) in [7, 11) is 0. The molecule has 1 unspecified atom stereocenters. The van der Waals surface area contributed by atoms with E-state index in [0.29, 0.717) is 29.2 Å². The van der Waals surface area contributed by atoms with E-state index >= 15 is 0 Å². The molecule has 2 amide bonds. The minimum atomic E-state index is -1.10. The lowest BCUT2D eigenvalue weighted by molar-refractivity contribution is -0.139. The van der Waals surface area contributed by atoms with E-state index in [4.69, 9.17) is 14.6 Å². The van der Waals surface area contributed by atoms with Crippen LogP contribution in [0.4, 0.5) is 0 Å². The molecule has 9 nitrogen and oxygen atoms in total. The van der Waals surface area contributed by atoms with Crippen LogP contribution >= 0.6 is 0 Å². The van der Waals surface area contributed by atoms with Crippen molar-refractivity contribution >= 4 is 24.0 Å². The number of hydrogen-bond acceptors (Lipinski definition) is 6. The van der Waals surface area contributed by atoms with Crippen molar-refractivity contribution in [1.82, 2.24) is 10.7 Å². The van der Waals surface area contributed by atoms with Gasteiger partial charge in [0.15, 0.2) is 18.1 Å². The number of carbonyl (C=O) groups is 3. The zero-order valence-electron chi connectivity index (χ0n) is 19.1. The highest BCUT2D eigenvalue weighted by atomic mass is 16.5. The predicted molar refractivity (Wildman–Crippen MR) is 124 cm³/mol. The average molecular weight is 456 g/mol. The van der Waals surface area contributed by atoms with E-state index in [1.54, 1.807) is 37.3 Å². The van der Waals surface area contributed by atoms with Crippen molar-refractivity contribution in [1.29, 1.82) is 0 Å². The first kappa shape index (κ1) is 25.4. The quantitative estimate of drug-likeness (QED) is 0.353. The molecule has 1 atom stereocenters. The number of nitrogens with one attached hydrogen (secondary N) is 2. The lowest BCUT2D eigenvalue weighted by Gasteiger charge is -2.20. The van der Waals surface area contributed by atoms with Gasteiger partial charge >= 0.3 is 5.97 Å². The van der Waals surface area contributed by atoms with E-state index in [1.807, 2.05) is 32.9 Å². The number of ether oxygens (including phenoxy) is 2. The smallest absolute Gasteiger partial charge is 0.341 e. The summed E-state index contributed by atoms with van der Waals surface area (Å²) >= 11 is 0. The Bertz CT molecular complexity index is 1000. The summed E-state index contributed by atoms with van der Waals surface area (Å²) < 4.78 is 10.7. The van der Waals surface area contributed by atoms with E-state index in [0.717, 1.165) is 5.56 Å². The number of carboxylic acid groups (broad SMARTS) is 1. The number of nitrogens with zero attached hydrogens (tertiary/aromatic N) is 1. The van der Waals surface area contributed by atoms with Crippen molar-refractivity contribution in [2.45, 2.75) is 33.7 Å². The fourth-order valence-electron chi connectivity index (χ4n) is 2.84. The van der Waals surface area contributed by atoms with Crippen molar-refractivity contribution in [3.05, 3.63) is 59.2 Å². The van der Waals surface area contributed by atoms with Gasteiger partial charge in [-0.25, -0.2) is 10.2 Å². The second-order valence-electron chi connectivity index (χ2n) is 7.62. The van der Waals surface area contributed by atoms with Gasteiger partial charge in [0.25, 0.3) is 11.8 Å². The molecule has 0 fully saturated rings. The Morgan fingerprint density at radius 2 is 1.76 bits per heavy atom. The third-order valence-electron chi connectivity index (χ3n) is 4.56. The van der Waals surface area contributed by atoms with Crippen LogP contribution in [0.5, 0.6) is 11.5 Å². The van der Waals surface area contributed by atoms with Crippen LogP contribution < -0.4 is 20.2 Å². The van der Waals surface area contributed by atoms with Crippen LogP contribution in [0.15, 0.2) is 47.6 Å². The van der Waals surface area contributed by atoms with Crippen LogP contribution in [0.2, 0.25) is 0 Å². The van der Waals surface area contributed by atoms with E-state index < -0.39 is 24.5 Å². The molecule has 9 heteroatoms. The highest BCUT2D eigenvalue weighted by Crippen LogP contribution is 2.28. The SMILES string of the molecule is CCOc1cc(C=NNC(=O)C(NC(=O)c2ccc(C)cc2)C(C)C)ccc1OCC(=O)O. The van der Waals surface area contributed by atoms with Gasteiger partial charge in [0.1, 0.15) is 6.04 Å². The molecule has 0 aromatic heterocycles. The van der Waals surface area contributed by atoms with Gasteiger partial charge in [0.2, 0.25) is 0 Å². The van der Waals surface area contributed by atoms with Gasteiger partial charge in [-0.3, -0.25) is 9.59 Å². The maximum atomic E-state index is 12.6. The molecule has 2 aromatic rings. The van der Waals surface area contributed by atoms with Gasteiger partial charge in [-0.1, -0.05) is 31.5 Å². The minimum Gasteiger partial charge on any atom is -0.490 e. The zero-order valence-corrected chi connectivity index (χ0v) is 19.1. The Morgan fingerprint density at radius 1 is 1.06 bits per heavy atom. The van der Waals surface area contributed by atoms with Crippen LogP contribution in [-0.4, -0.2) is 48.4 Å². The van der Waals surface area contributed by atoms with Gasteiger partial charge < -0.3 is 19.9 Å². The minimum absolute atomic E-state index is 0.162. The summed E-state index contributed by atoms with van der Waals surface area (Å²) in [6.07, 6.45) is 1.42. The summed E-state index contributed by atoms with van der Waals surface area (Å²) in [5.74, 6) is -1.40. The number of carboxylic acids is 1. The fourth-order valence-corrected chi connectivity index (χ4v) is 2.84. The van der Waals surface area contributed by atoms with Crippen molar-refractivity contribution in [3.8, 4) is 11.5 Å². The summed E-state index contributed by atoms with van der Waals surface area (Å²) in [5, 5.41) is 15.5. The van der Waals surface area contributed by atoms with Crippen molar-refractivity contribution in [2.75, 3.05) is 13.2 Å². The topological polar surface area (TPSA) is 126 Å². The maximum absolute atomic E-state index is 12.6. The molecule has 0 radical (unpaired) electrons. The van der Waals surface area contributed by atoms with Crippen LogP contribution in [0.25, 0.3) is 0 Å². The molecule has 0 aliphatic rings. The summed E-state index contributed by atoms with van der Waals surface area (Å²) in [4.78, 5) is 35.9. The molecule has 3 N–H and O–H groups in total. The Labute approximate surface area is 192 Å². The summed E-state index contributed by atoms with van der Waals surface area (Å²) in [6.45, 7) is 7.24. The number of aryl methyl sites for hydroxylation is 1. The van der Waals surface area contributed by atoms with Crippen LogP contribution in [0.1, 0.15) is 42.3 Å². The molecule has 176 valence electrons. The number of carbonyl (C=O) groups excluding carboxylic acids is 2. The number of hydrazone groups is 1. The van der Waals surface area contributed by atoms with E-state index in [1.165, 1.54) is 6.21 Å². The number of aliphatic carboxylic acids is 1. The molecule has 0 bridgehead atoms. The standard InChI is InChI=1S/C24H29N3O6/c1-5-32-20-12-17(8-11-19(20)33-14-21(28)29)13-25-27-24(31)22(15(2)3)26-23(30)18-9-6-16(4)7-10-18/h6-13,15,22H,5,14H2,1-4H3,(H,26,30)(H,27,31)(H,28,29). The molecule has 0 heterocycles. The molecule has 2 aromatic carbocycles. The number of hydrogen-bond donors (Lipinski definition) is 3. The zero-order chi connectivity index (χ0) is 24.4. The second-order valence-corrected chi connectivity index (χ2v) is 7.62. The summed E-state index contributed by atoms with van der Waals surface area (Å²) in [5.41, 5.74) is 4.56. The molecule has 0 spiro atoms. The first-order valence-corrected chi connectivity index (χ1v) is 10.5. The number of amides is 2. The van der Waals surface area contributed by atoms with Crippen LogP contribution in [0, 0.1) is 12.8 Å². The van der Waals surface area contributed by atoms with Crippen LogP contribution in [0.3, 0.4) is 0 Å². The Hall–Kier alpha value is -3.88. The third-order valence-corrected chi connectivity index (χ3v) is 4.56. The van der Waals surface area contributed by atoms with Crippen LogP contribution in [-0.2, 0) is 9.59 Å². The molecule has 0 aliphatic heterocycles. The molecule has 2 rings (SSSR count). The molecule has 0 saturated carbocycles. The average Bonchev–Trinajstić information content (AvgIpc) is 2.77. The van der Waals surface area contributed by atoms with Gasteiger partial charge in [0.05, 0.1) is 12.8 Å². The third kappa shape index (κ3) is 7.95. The molecule has 0 saturated heterocycles. The first-order valence-electron chi connectivity index (χ1n) is 10.5. The largest absolute Gasteiger partial charge is 0.490 e. The maximum Gasteiger partial charge on any atom is 0.341 e. The molecule has 33 heavy (non-hydrogen) atoms. The molecular weight excluding hydrogens is 426 g/mol. The van der Waals surface area contributed by atoms with Gasteiger partial charge in [-0.15, -0.1) is 0 Å². The highest BCUT2D eigenvalue weighted by molar-refractivity contribution is 5.97. The van der Waals surface area contributed by atoms with Crippen molar-refractivity contribution in [3.63, 3.8) is 0 Å². The van der Waals surface area contributed by atoms with Gasteiger partial charge in [0, 0.05) is 5.56 Å². The highest BCUT2D eigenvalue weighted by Gasteiger charge is 2.24. The van der Waals surface area contributed by atoms with Gasteiger partial charge in [-0.2, -0.15) is 5.10 Å². The summed E-state index contributed by atoms with van der Waals surface area (Å²) in [6, 6.07) is 11.1. The lowest BCUT2D eigenvalue weighted by atomic mass is 10.0. The predicted octanol–water partition coefficient (Wildman–Crippen LogP) is 2.76. The second kappa shape index (κ2) is 12.2. The normalized spacial score (nSPS) is 11.8. The van der Waals surface area contributed by atoms with Gasteiger partial charge in [-0.05, 0) is 55.7 Å². The lowest BCUT2D eigenvalue weighted by Crippen LogP contribution is -2.48. The first-order chi connectivity index (χ1) is 15.7. The number of benzene rings is 2. The fraction of sp³-hybridized carbons (Fsp3) is 0.333. The Balaban J connectivity index is 2.04.